The molecule has 1 aromatic carbocycles. The topological polar surface area (TPSA) is 118 Å². The molecule has 0 bridgehead atoms. The Balaban J connectivity index is 1.56. The Morgan fingerprint density at radius 1 is 1.12 bits per heavy atom. The van der Waals surface area contributed by atoms with E-state index in [-0.39, 0.29) is 41.3 Å². The molecule has 178 valence electrons. The zero-order valence-corrected chi connectivity index (χ0v) is 19.2. The number of sulfonamides is 1. The first-order valence-corrected chi connectivity index (χ1v) is 12.3. The molecule has 2 fully saturated rings. The summed E-state index contributed by atoms with van der Waals surface area (Å²) in [5.41, 5.74) is 0.309. The fourth-order valence-corrected chi connectivity index (χ4v) is 5.69. The van der Waals surface area contributed by atoms with Crippen LogP contribution in [0.2, 0.25) is 0 Å². The van der Waals surface area contributed by atoms with Crippen molar-refractivity contribution >= 4 is 27.5 Å². The fourth-order valence-electron chi connectivity index (χ4n) is 4.10. The van der Waals surface area contributed by atoms with Crippen LogP contribution in [0.4, 0.5) is 5.69 Å². The smallest absolute Gasteiger partial charge is 0.290 e. The molecule has 4 rings (SSSR count). The molecule has 0 saturated carbocycles. The van der Waals surface area contributed by atoms with Gasteiger partial charge in [0.1, 0.15) is 16.7 Å². The van der Waals surface area contributed by atoms with Crippen LogP contribution in [0.5, 0.6) is 5.75 Å². The molecular weight excluding hydrogens is 450 g/mol. The van der Waals surface area contributed by atoms with Gasteiger partial charge in [0.15, 0.2) is 5.76 Å². The number of piperidine rings is 1. The van der Waals surface area contributed by atoms with Gasteiger partial charge in [-0.25, -0.2) is 8.42 Å². The van der Waals surface area contributed by atoms with E-state index < -0.39 is 16.1 Å². The molecule has 10 nitrogen and oxygen atoms in total. The van der Waals surface area contributed by atoms with E-state index in [2.05, 4.69) is 5.32 Å². The predicted octanol–water partition coefficient (Wildman–Crippen LogP) is 1.94. The number of hydrogen-bond donors (Lipinski definition) is 1. The minimum absolute atomic E-state index is 0.0307. The van der Waals surface area contributed by atoms with E-state index in [1.165, 1.54) is 34.7 Å². The van der Waals surface area contributed by atoms with Gasteiger partial charge >= 0.3 is 0 Å². The van der Waals surface area contributed by atoms with E-state index in [0.717, 1.165) is 12.8 Å². The second-order valence-electron chi connectivity index (χ2n) is 7.86. The van der Waals surface area contributed by atoms with Gasteiger partial charge in [0.2, 0.25) is 15.9 Å². The highest BCUT2D eigenvalue weighted by Crippen LogP contribution is 2.31. The molecule has 2 aliphatic rings. The van der Waals surface area contributed by atoms with Crippen LogP contribution >= 0.6 is 0 Å². The first-order chi connectivity index (χ1) is 15.9. The number of rotatable bonds is 6. The van der Waals surface area contributed by atoms with Crippen molar-refractivity contribution in [3.63, 3.8) is 0 Å². The Morgan fingerprint density at radius 2 is 1.91 bits per heavy atom. The number of morpholine rings is 1. The highest BCUT2D eigenvalue weighted by atomic mass is 32.2. The lowest BCUT2D eigenvalue weighted by Crippen LogP contribution is -2.50. The SMILES string of the molecule is COc1ccc(NC(=O)C2CCCCN2C(=O)c2ccco2)cc1S(=O)(=O)N1CCOCC1. The average molecular weight is 478 g/mol. The number of carbonyl (C=O) groups excluding carboxylic acids is 2. The Hall–Kier alpha value is -2.89. The molecule has 1 unspecified atom stereocenters. The van der Waals surface area contributed by atoms with E-state index in [4.69, 9.17) is 13.9 Å². The average Bonchev–Trinajstić information content (AvgIpc) is 3.39. The second-order valence-corrected chi connectivity index (χ2v) is 9.77. The summed E-state index contributed by atoms with van der Waals surface area (Å²) in [6.07, 6.45) is 3.52. The Labute approximate surface area is 192 Å². The van der Waals surface area contributed by atoms with Gasteiger partial charge in [0.05, 0.1) is 26.6 Å². The number of amides is 2. The molecule has 2 saturated heterocycles. The molecule has 1 atom stereocenters. The van der Waals surface area contributed by atoms with Crippen LogP contribution in [0.1, 0.15) is 29.8 Å². The van der Waals surface area contributed by atoms with Gasteiger partial charge in [-0.2, -0.15) is 4.31 Å². The number of carbonyl (C=O) groups is 2. The van der Waals surface area contributed by atoms with Crippen molar-refractivity contribution in [2.24, 2.45) is 0 Å². The number of hydrogen-bond acceptors (Lipinski definition) is 7. The van der Waals surface area contributed by atoms with Crippen molar-refractivity contribution in [1.82, 2.24) is 9.21 Å². The van der Waals surface area contributed by atoms with Gasteiger partial charge in [-0.3, -0.25) is 9.59 Å². The summed E-state index contributed by atoms with van der Waals surface area (Å²) in [5.74, 6) is -0.357. The van der Waals surface area contributed by atoms with Crippen LogP contribution in [-0.2, 0) is 19.6 Å². The number of furan rings is 1. The van der Waals surface area contributed by atoms with Crippen LogP contribution < -0.4 is 10.1 Å². The Kier molecular flexibility index (Phi) is 7.01. The Morgan fingerprint density at radius 3 is 2.61 bits per heavy atom. The summed E-state index contributed by atoms with van der Waals surface area (Å²) in [5, 5.41) is 2.78. The molecule has 0 radical (unpaired) electrons. The monoisotopic (exact) mass is 477 g/mol. The molecule has 1 aromatic heterocycles. The maximum atomic E-state index is 13.2. The number of nitrogens with one attached hydrogen (secondary N) is 1. The Bertz CT molecular complexity index is 1100. The number of nitrogens with zero attached hydrogens (tertiary/aromatic N) is 2. The van der Waals surface area contributed by atoms with Crippen LogP contribution in [0, 0.1) is 0 Å². The van der Waals surface area contributed by atoms with Crippen LogP contribution in [-0.4, -0.2) is 75.4 Å². The van der Waals surface area contributed by atoms with Crippen molar-refractivity contribution in [1.29, 1.82) is 0 Å². The van der Waals surface area contributed by atoms with Gasteiger partial charge in [0.25, 0.3) is 5.91 Å². The van der Waals surface area contributed by atoms with Crippen molar-refractivity contribution in [3.8, 4) is 5.75 Å². The highest BCUT2D eigenvalue weighted by Gasteiger charge is 2.34. The van der Waals surface area contributed by atoms with Gasteiger partial charge in [-0.1, -0.05) is 0 Å². The van der Waals surface area contributed by atoms with E-state index in [0.29, 0.717) is 31.9 Å². The maximum absolute atomic E-state index is 13.2. The van der Waals surface area contributed by atoms with E-state index in [9.17, 15) is 18.0 Å². The lowest BCUT2D eigenvalue weighted by molar-refractivity contribution is -0.121. The lowest BCUT2D eigenvalue weighted by atomic mass is 10.0. The maximum Gasteiger partial charge on any atom is 0.290 e. The quantitative estimate of drug-likeness (QED) is 0.675. The first-order valence-electron chi connectivity index (χ1n) is 10.8. The summed E-state index contributed by atoms with van der Waals surface area (Å²) >= 11 is 0. The molecule has 33 heavy (non-hydrogen) atoms. The molecule has 2 aromatic rings. The zero-order chi connectivity index (χ0) is 23.4. The third-order valence-corrected chi connectivity index (χ3v) is 7.74. The number of methoxy groups -OCH3 is 1. The summed E-state index contributed by atoms with van der Waals surface area (Å²) in [4.78, 5) is 27.4. The largest absolute Gasteiger partial charge is 0.495 e. The summed E-state index contributed by atoms with van der Waals surface area (Å²) in [6, 6.07) is 6.99. The standard InChI is InChI=1S/C22H27N3O7S/c1-30-18-8-7-16(15-20(18)33(28,29)24-10-13-31-14-11-24)23-21(26)17-5-2-3-9-25(17)22(27)19-6-4-12-32-19/h4,6-8,12,15,17H,2-3,5,9-11,13-14H2,1H3,(H,23,26). The minimum Gasteiger partial charge on any atom is -0.495 e. The normalized spacial score (nSPS) is 19.8. The third kappa shape index (κ3) is 4.90. The van der Waals surface area contributed by atoms with Gasteiger partial charge in [-0.15, -0.1) is 0 Å². The second kappa shape index (κ2) is 9.94. The predicted molar refractivity (Wildman–Crippen MR) is 119 cm³/mol. The first kappa shape index (κ1) is 23.3. The molecule has 11 heteroatoms. The molecule has 2 amide bonds. The molecule has 0 spiro atoms. The minimum atomic E-state index is -3.84. The van der Waals surface area contributed by atoms with Crippen LogP contribution in [0.3, 0.4) is 0 Å². The van der Waals surface area contributed by atoms with Crippen molar-refractivity contribution in [2.45, 2.75) is 30.2 Å². The summed E-state index contributed by atoms with van der Waals surface area (Å²) < 4.78 is 43.5. The molecule has 3 heterocycles. The van der Waals surface area contributed by atoms with Gasteiger partial charge in [-0.05, 0) is 49.6 Å². The number of anilines is 1. The zero-order valence-electron chi connectivity index (χ0n) is 18.4. The van der Waals surface area contributed by atoms with Crippen molar-refractivity contribution in [3.05, 3.63) is 42.4 Å². The van der Waals surface area contributed by atoms with Gasteiger partial charge < -0.3 is 24.1 Å². The molecular formula is C22H27N3O7S. The summed E-state index contributed by atoms with van der Waals surface area (Å²) in [7, 11) is -2.45. The lowest BCUT2D eigenvalue weighted by Gasteiger charge is -2.34. The van der Waals surface area contributed by atoms with Crippen molar-refractivity contribution in [2.75, 3.05) is 45.3 Å². The number of ether oxygens (including phenoxy) is 2. The third-order valence-electron chi connectivity index (χ3n) is 5.82. The van der Waals surface area contributed by atoms with E-state index in [1.54, 1.807) is 18.2 Å². The van der Waals surface area contributed by atoms with Gasteiger partial charge in [0, 0.05) is 25.3 Å². The van der Waals surface area contributed by atoms with Crippen LogP contribution in [0.15, 0.2) is 45.9 Å². The highest BCUT2D eigenvalue weighted by molar-refractivity contribution is 7.89. The molecule has 0 aliphatic carbocycles. The molecule has 2 aliphatic heterocycles. The van der Waals surface area contributed by atoms with E-state index >= 15 is 0 Å². The molecule has 1 N–H and O–H groups in total. The number of likely N-dealkylation sites (tertiary alicyclic amines) is 1. The van der Waals surface area contributed by atoms with E-state index in [1.807, 2.05) is 0 Å². The summed E-state index contributed by atoms with van der Waals surface area (Å²) in [6.45, 7) is 1.57. The number of benzene rings is 1. The van der Waals surface area contributed by atoms with Crippen LogP contribution in [0.25, 0.3) is 0 Å². The fraction of sp³-hybridized carbons (Fsp3) is 0.455. The van der Waals surface area contributed by atoms with Crippen molar-refractivity contribution < 1.29 is 31.9 Å².